The van der Waals surface area contributed by atoms with Crippen molar-refractivity contribution in [2.24, 2.45) is 0 Å². The molecule has 1 aromatic heterocycles. The molecule has 5 nitrogen and oxygen atoms in total. The molecule has 1 aromatic carbocycles. The molecule has 2 N–H and O–H groups in total. The van der Waals surface area contributed by atoms with Gasteiger partial charge in [0.1, 0.15) is 17.9 Å². The third-order valence-corrected chi connectivity index (χ3v) is 2.86. The molecule has 0 saturated heterocycles. The lowest BCUT2D eigenvalue weighted by Gasteiger charge is -2.11. The van der Waals surface area contributed by atoms with E-state index < -0.39 is 0 Å². The Morgan fingerprint density at radius 3 is 2.85 bits per heavy atom. The minimum Gasteiger partial charge on any atom is -0.439 e. The Kier molecular flexibility index (Phi) is 4.90. The van der Waals surface area contributed by atoms with Crippen molar-refractivity contribution in [2.75, 3.05) is 12.8 Å². The zero-order valence-electron chi connectivity index (χ0n) is 11.8. The number of methoxy groups -OCH3 is 1. The van der Waals surface area contributed by atoms with Gasteiger partial charge in [-0.15, -0.1) is 0 Å². The van der Waals surface area contributed by atoms with Gasteiger partial charge in [-0.05, 0) is 24.1 Å². The number of anilines is 1. The summed E-state index contributed by atoms with van der Waals surface area (Å²) in [5.41, 5.74) is 7.79. The van der Waals surface area contributed by atoms with Crippen LogP contribution in [-0.2, 0) is 17.8 Å². The number of aromatic nitrogens is 2. The van der Waals surface area contributed by atoms with Crippen LogP contribution in [0.5, 0.6) is 11.6 Å². The first-order chi connectivity index (χ1) is 9.74. The molecule has 2 rings (SSSR count). The molecule has 0 amide bonds. The molecular weight excluding hydrogens is 254 g/mol. The topological polar surface area (TPSA) is 70.3 Å². The Hall–Kier alpha value is -2.14. The van der Waals surface area contributed by atoms with E-state index >= 15 is 0 Å². The van der Waals surface area contributed by atoms with Crippen LogP contribution in [0.25, 0.3) is 0 Å². The Labute approximate surface area is 118 Å². The lowest BCUT2D eigenvalue weighted by molar-refractivity contribution is 0.184. The fourth-order valence-electron chi connectivity index (χ4n) is 1.96. The van der Waals surface area contributed by atoms with Crippen LogP contribution >= 0.6 is 0 Å². The van der Waals surface area contributed by atoms with Gasteiger partial charge in [0.05, 0.1) is 12.2 Å². The standard InChI is InChI=1S/C15H19N3O2/c1-3-5-13-14(16)17-10-18-15(13)20-12-7-4-6-11(8-12)9-19-2/h4,6-8,10H,3,5,9H2,1-2H3,(H2,16,17,18). The fourth-order valence-corrected chi connectivity index (χ4v) is 1.96. The smallest absolute Gasteiger partial charge is 0.227 e. The summed E-state index contributed by atoms with van der Waals surface area (Å²) in [5, 5.41) is 0. The molecule has 1 heterocycles. The van der Waals surface area contributed by atoms with Crippen molar-refractivity contribution in [2.45, 2.75) is 26.4 Å². The van der Waals surface area contributed by atoms with Crippen LogP contribution < -0.4 is 10.5 Å². The Bertz CT molecular complexity index is 573. The van der Waals surface area contributed by atoms with Crippen molar-refractivity contribution in [3.05, 3.63) is 41.7 Å². The first-order valence-electron chi connectivity index (χ1n) is 6.59. The van der Waals surface area contributed by atoms with Gasteiger partial charge in [-0.3, -0.25) is 0 Å². The van der Waals surface area contributed by atoms with E-state index in [9.17, 15) is 0 Å². The maximum Gasteiger partial charge on any atom is 0.227 e. The molecule has 0 unspecified atom stereocenters. The van der Waals surface area contributed by atoms with Crippen LogP contribution in [-0.4, -0.2) is 17.1 Å². The molecule has 0 bridgehead atoms. The Balaban J connectivity index is 2.25. The second-order valence-corrected chi connectivity index (χ2v) is 4.48. The van der Waals surface area contributed by atoms with E-state index in [1.54, 1.807) is 7.11 Å². The molecule has 0 aliphatic heterocycles. The number of benzene rings is 1. The van der Waals surface area contributed by atoms with Crippen LogP contribution in [0, 0.1) is 0 Å². The zero-order valence-corrected chi connectivity index (χ0v) is 11.8. The van der Waals surface area contributed by atoms with Gasteiger partial charge in [0.2, 0.25) is 5.88 Å². The summed E-state index contributed by atoms with van der Waals surface area (Å²) >= 11 is 0. The molecule has 0 saturated carbocycles. The van der Waals surface area contributed by atoms with Crippen molar-refractivity contribution in [3.63, 3.8) is 0 Å². The van der Waals surface area contributed by atoms with E-state index in [1.807, 2.05) is 24.3 Å². The van der Waals surface area contributed by atoms with Crippen LogP contribution in [0.15, 0.2) is 30.6 Å². The van der Waals surface area contributed by atoms with Gasteiger partial charge in [0.15, 0.2) is 0 Å². The van der Waals surface area contributed by atoms with Crippen molar-refractivity contribution in [1.29, 1.82) is 0 Å². The number of rotatable bonds is 6. The number of hydrogen-bond donors (Lipinski definition) is 1. The molecule has 0 atom stereocenters. The summed E-state index contributed by atoms with van der Waals surface area (Å²) in [6.07, 6.45) is 3.17. The van der Waals surface area contributed by atoms with E-state index in [-0.39, 0.29) is 0 Å². The summed E-state index contributed by atoms with van der Waals surface area (Å²) in [5.74, 6) is 1.72. The Morgan fingerprint density at radius 1 is 1.25 bits per heavy atom. The van der Waals surface area contributed by atoms with Gasteiger partial charge < -0.3 is 15.2 Å². The first kappa shape index (κ1) is 14.3. The van der Waals surface area contributed by atoms with Crippen molar-refractivity contribution >= 4 is 5.82 Å². The number of ether oxygens (including phenoxy) is 2. The molecule has 0 radical (unpaired) electrons. The highest BCUT2D eigenvalue weighted by Gasteiger charge is 2.10. The number of nitrogen functional groups attached to an aromatic ring is 1. The predicted octanol–water partition coefficient (Wildman–Crippen LogP) is 2.95. The minimum absolute atomic E-state index is 0.477. The van der Waals surface area contributed by atoms with E-state index in [1.165, 1.54) is 6.33 Å². The summed E-state index contributed by atoms with van der Waals surface area (Å²) in [6.45, 7) is 2.63. The van der Waals surface area contributed by atoms with E-state index in [4.69, 9.17) is 15.2 Å². The van der Waals surface area contributed by atoms with Gasteiger partial charge in [0, 0.05) is 7.11 Å². The summed E-state index contributed by atoms with van der Waals surface area (Å²) in [6, 6.07) is 7.72. The van der Waals surface area contributed by atoms with Gasteiger partial charge in [-0.2, -0.15) is 0 Å². The third kappa shape index (κ3) is 3.45. The number of nitrogens with zero attached hydrogens (tertiary/aromatic N) is 2. The normalized spacial score (nSPS) is 10.5. The van der Waals surface area contributed by atoms with Gasteiger partial charge in [0.25, 0.3) is 0 Å². The molecule has 2 aromatic rings. The minimum atomic E-state index is 0.477. The second-order valence-electron chi connectivity index (χ2n) is 4.48. The highest BCUT2D eigenvalue weighted by Crippen LogP contribution is 2.27. The number of hydrogen-bond acceptors (Lipinski definition) is 5. The van der Waals surface area contributed by atoms with Crippen molar-refractivity contribution < 1.29 is 9.47 Å². The fraction of sp³-hybridized carbons (Fsp3) is 0.333. The van der Waals surface area contributed by atoms with Crippen LogP contribution in [0.1, 0.15) is 24.5 Å². The lowest BCUT2D eigenvalue weighted by atomic mass is 10.2. The monoisotopic (exact) mass is 273 g/mol. The summed E-state index contributed by atoms with van der Waals surface area (Å²) in [7, 11) is 1.66. The SMILES string of the molecule is CCCc1c(N)ncnc1Oc1cccc(COC)c1. The summed E-state index contributed by atoms with van der Waals surface area (Å²) in [4.78, 5) is 8.20. The predicted molar refractivity (Wildman–Crippen MR) is 77.7 cm³/mol. The molecule has 0 spiro atoms. The van der Waals surface area contributed by atoms with Crippen molar-refractivity contribution in [3.8, 4) is 11.6 Å². The molecular formula is C15H19N3O2. The molecule has 0 fully saturated rings. The average Bonchev–Trinajstić information content (AvgIpc) is 2.44. The maximum absolute atomic E-state index is 5.89. The quantitative estimate of drug-likeness (QED) is 0.876. The van der Waals surface area contributed by atoms with Gasteiger partial charge >= 0.3 is 0 Å². The largest absolute Gasteiger partial charge is 0.439 e. The van der Waals surface area contributed by atoms with Crippen LogP contribution in [0.3, 0.4) is 0 Å². The van der Waals surface area contributed by atoms with Crippen LogP contribution in [0.4, 0.5) is 5.82 Å². The van der Waals surface area contributed by atoms with E-state index in [0.717, 1.165) is 29.7 Å². The maximum atomic E-state index is 5.89. The Morgan fingerprint density at radius 2 is 2.10 bits per heavy atom. The zero-order chi connectivity index (χ0) is 14.4. The van der Waals surface area contributed by atoms with Gasteiger partial charge in [-0.1, -0.05) is 25.5 Å². The van der Waals surface area contributed by atoms with E-state index in [0.29, 0.717) is 18.3 Å². The average molecular weight is 273 g/mol. The molecule has 20 heavy (non-hydrogen) atoms. The highest BCUT2D eigenvalue weighted by molar-refractivity contribution is 5.46. The first-order valence-corrected chi connectivity index (χ1v) is 6.59. The molecule has 5 heteroatoms. The van der Waals surface area contributed by atoms with Crippen molar-refractivity contribution in [1.82, 2.24) is 9.97 Å². The second kappa shape index (κ2) is 6.86. The van der Waals surface area contributed by atoms with Crippen LogP contribution in [0.2, 0.25) is 0 Å². The lowest BCUT2D eigenvalue weighted by Crippen LogP contribution is -2.02. The number of nitrogens with two attached hydrogens (primary N) is 1. The third-order valence-electron chi connectivity index (χ3n) is 2.86. The van der Waals surface area contributed by atoms with E-state index in [2.05, 4.69) is 16.9 Å². The molecule has 0 aliphatic rings. The molecule has 106 valence electrons. The highest BCUT2D eigenvalue weighted by atomic mass is 16.5. The molecule has 0 aliphatic carbocycles. The van der Waals surface area contributed by atoms with Gasteiger partial charge in [-0.25, -0.2) is 9.97 Å². The summed E-state index contributed by atoms with van der Waals surface area (Å²) < 4.78 is 11.0.